The number of aryl methyl sites for hydroxylation is 1. The lowest BCUT2D eigenvalue weighted by atomic mass is 10.1. The van der Waals surface area contributed by atoms with Gasteiger partial charge in [-0.3, -0.25) is 24.0 Å². The highest BCUT2D eigenvalue weighted by Crippen LogP contribution is 2.26. The number of fused-ring (bicyclic) bond motifs is 5. The summed E-state index contributed by atoms with van der Waals surface area (Å²) in [6, 6.07) is 11.4. The molecule has 5 heterocycles. The van der Waals surface area contributed by atoms with Crippen molar-refractivity contribution in [2.24, 2.45) is 7.05 Å². The van der Waals surface area contributed by atoms with Crippen LogP contribution >= 0.6 is 0 Å². The van der Waals surface area contributed by atoms with Crippen molar-refractivity contribution in [3.8, 4) is 0 Å². The molecule has 0 atom stereocenters. The average molecular weight is 511 g/mol. The van der Waals surface area contributed by atoms with Gasteiger partial charge >= 0.3 is 0 Å². The van der Waals surface area contributed by atoms with Gasteiger partial charge in [-0.05, 0) is 50.2 Å². The van der Waals surface area contributed by atoms with Crippen LogP contribution in [0.15, 0.2) is 59.8 Å². The van der Waals surface area contributed by atoms with E-state index in [1.807, 2.05) is 40.3 Å². The molecule has 4 aromatic heterocycles. The number of rotatable bonds is 8. The Morgan fingerprint density at radius 2 is 1.84 bits per heavy atom. The second-order valence-electron chi connectivity index (χ2n) is 9.66. The number of benzene rings is 1. The maximum absolute atomic E-state index is 13.8. The van der Waals surface area contributed by atoms with Gasteiger partial charge in [0.2, 0.25) is 5.43 Å². The predicted molar refractivity (Wildman–Crippen MR) is 148 cm³/mol. The summed E-state index contributed by atoms with van der Waals surface area (Å²) in [4.78, 5) is 42.8. The van der Waals surface area contributed by atoms with E-state index in [0.717, 1.165) is 36.4 Å². The van der Waals surface area contributed by atoms with Gasteiger partial charge in [0.05, 0.1) is 22.1 Å². The van der Waals surface area contributed by atoms with E-state index in [0.29, 0.717) is 42.0 Å². The summed E-state index contributed by atoms with van der Waals surface area (Å²) >= 11 is 0. The second-order valence-corrected chi connectivity index (χ2v) is 9.66. The Morgan fingerprint density at radius 1 is 1.03 bits per heavy atom. The van der Waals surface area contributed by atoms with Crippen LogP contribution in [0.5, 0.6) is 0 Å². The van der Waals surface area contributed by atoms with Crippen LogP contribution in [0.1, 0.15) is 28.9 Å². The van der Waals surface area contributed by atoms with Gasteiger partial charge in [-0.1, -0.05) is 12.1 Å². The van der Waals surface area contributed by atoms with Gasteiger partial charge in [-0.2, -0.15) is 0 Å². The number of para-hydroxylation sites is 2. The summed E-state index contributed by atoms with van der Waals surface area (Å²) < 4.78 is 3.83. The fraction of sp³-hybridized carbons (Fsp3) is 0.321. The Morgan fingerprint density at radius 3 is 2.63 bits per heavy atom. The van der Waals surface area contributed by atoms with Gasteiger partial charge in [-0.15, -0.1) is 0 Å². The second kappa shape index (κ2) is 10.2. The SMILES string of the molecule is Cn1c2ccccc2n2c3nc(NCCc4cnccn4)ccc3c(=O)c(C(=O)NCCN3CCCC3)c12. The van der Waals surface area contributed by atoms with Crippen LogP contribution in [0, 0.1) is 0 Å². The Kier molecular flexibility index (Phi) is 6.47. The molecule has 0 aliphatic carbocycles. The molecule has 0 unspecified atom stereocenters. The van der Waals surface area contributed by atoms with Crippen LogP contribution in [-0.4, -0.2) is 67.5 Å². The van der Waals surface area contributed by atoms with Crippen molar-refractivity contribution in [1.29, 1.82) is 0 Å². The zero-order valence-electron chi connectivity index (χ0n) is 21.4. The van der Waals surface area contributed by atoms with Crippen LogP contribution < -0.4 is 16.1 Å². The number of likely N-dealkylation sites (tertiary alicyclic amines) is 1. The number of nitrogens with one attached hydrogen (secondary N) is 2. The third-order valence-electron chi connectivity index (χ3n) is 7.24. The van der Waals surface area contributed by atoms with Crippen LogP contribution in [-0.2, 0) is 13.5 Å². The minimum atomic E-state index is -0.356. The smallest absolute Gasteiger partial charge is 0.259 e. The Balaban J connectivity index is 1.40. The number of carbonyl (C=O) groups is 1. The molecule has 10 nitrogen and oxygen atoms in total. The molecule has 1 saturated heterocycles. The van der Waals surface area contributed by atoms with Gasteiger partial charge in [0.1, 0.15) is 17.0 Å². The zero-order valence-corrected chi connectivity index (χ0v) is 21.4. The zero-order chi connectivity index (χ0) is 26.1. The Bertz CT molecular complexity index is 1690. The number of pyridine rings is 2. The topological polar surface area (TPSA) is 109 Å². The van der Waals surface area contributed by atoms with Crippen molar-refractivity contribution in [2.45, 2.75) is 19.3 Å². The molecule has 194 valence electrons. The third kappa shape index (κ3) is 4.37. The number of hydrogen-bond donors (Lipinski definition) is 2. The van der Waals surface area contributed by atoms with E-state index in [2.05, 4.69) is 25.5 Å². The molecule has 10 heteroatoms. The number of carbonyl (C=O) groups excluding carboxylic acids is 1. The molecule has 0 bridgehead atoms. The van der Waals surface area contributed by atoms with Crippen molar-refractivity contribution in [3.05, 3.63) is 76.5 Å². The highest BCUT2D eigenvalue weighted by atomic mass is 16.2. The van der Waals surface area contributed by atoms with E-state index in [4.69, 9.17) is 4.98 Å². The molecule has 1 aliphatic heterocycles. The van der Waals surface area contributed by atoms with Gasteiger partial charge in [0.15, 0.2) is 5.65 Å². The van der Waals surface area contributed by atoms with E-state index < -0.39 is 0 Å². The minimum Gasteiger partial charge on any atom is -0.370 e. The van der Waals surface area contributed by atoms with Crippen LogP contribution in [0.2, 0.25) is 0 Å². The van der Waals surface area contributed by atoms with E-state index >= 15 is 0 Å². The minimum absolute atomic E-state index is 0.141. The van der Waals surface area contributed by atoms with Crippen molar-refractivity contribution in [2.75, 3.05) is 38.0 Å². The summed E-state index contributed by atoms with van der Waals surface area (Å²) in [5.74, 6) is 0.288. The lowest BCUT2D eigenvalue weighted by Gasteiger charge is -2.15. The van der Waals surface area contributed by atoms with Crippen LogP contribution in [0.4, 0.5) is 5.82 Å². The molecular weight excluding hydrogens is 480 g/mol. The lowest BCUT2D eigenvalue weighted by Crippen LogP contribution is -2.36. The first-order valence-electron chi connectivity index (χ1n) is 13.0. The lowest BCUT2D eigenvalue weighted by molar-refractivity contribution is 0.0950. The molecule has 0 radical (unpaired) electrons. The predicted octanol–water partition coefficient (Wildman–Crippen LogP) is 2.61. The van der Waals surface area contributed by atoms with E-state index in [1.165, 1.54) is 12.8 Å². The van der Waals surface area contributed by atoms with Crippen LogP contribution in [0.3, 0.4) is 0 Å². The Hall–Kier alpha value is -4.31. The summed E-state index contributed by atoms with van der Waals surface area (Å²) in [6.07, 6.45) is 8.14. The molecule has 0 spiro atoms. The average Bonchev–Trinajstić information content (AvgIpc) is 3.56. The Labute approximate surface area is 219 Å². The molecule has 5 aromatic rings. The first kappa shape index (κ1) is 24.1. The number of amides is 1. The maximum atomic E-state index is 13.8. The standard InChI is InChI=1S/C28H30N8O2/c1-34-21-6-2-3-7-22(21)36-26-20(8-9-23(33-26)31-11-10-19-18-29-12-13-30-19)25(37)24(28(34)36)27(38)32-14-17-35-15-4-5-16-35/h2-3,6-9,12-13,18H,4-5,10-11,14-17H2,1H3,(H,31,33)(H,32,38). The fourth-order valence-electron chi connectivity index (χ4n) is 5.34. The number of imidazole rings is 1. The molecule has 6 rings (SSSR count). The molecule has 0 saturated carbocycles. The number of hydrogen-bond acceptors (Lipinski definition) is 7. The number of anilines is 1. The van der Waals surface area contributed by atoms with Crippen molar-refractivity contribution in [1.82, 2.24) is 34.1 Å². The first-order chi connectivity index (χ1) is 18.6. The molecule has 2 N–H and O–H groups in total. The van der Waals surface area contributed by atoms with E-state index in [1.54, 1.807) is 30.7 Å². The molecule has 1 aromatic carbocycles. The fourth-order valence-corrected chi connectivity index (χ4v) is 5.34. The van der Waals surface area contributed by atoms with Gasteiger partial charge in [0, 0.05) is 51.7 Å². The largest absolute Gasteiger partial charge is 0.370 e. The van der Waals surface area contributed by atoms with Gasteiger partial charge < -0.3 is 20.1 Å². The highest BCUT2D eigenvalue weighted by molar-refractivity contribution is 6.05. The third-order valence-corrected chi connectivity index (χ3v) is 7.24. The molecule has 1 aliphatic rings. The van der Waals surface area contributed by atoms with Gasteiger partial charge in [0.25, 0.3) is 5.91 Å². The molecule has 1 fully saturated rings. The molecular formula is C28H30N8O2. The summed E-state index contributed by atoms with van der Waals surface area (Å²) in [5.41, 5.74) is 3.55. The summed E-state index contributed by atoms with van der Waals surface area (Å²) in [6.45, 7) is 4.01. The normalized spacial score (nSPS) is 14.0. The van der Waals surface area contributed by atoms with Crippen LogP contribution in [0.25, 0.3) is 27.7 Å². The highest BCUT2D eigenvalue weighted by Gasteiger charge is 2.24. The molecule has 1 amide bonds. The van der Waals surface area contributed by atoms with Gasteiger partial charge in [-0.25, -0.2) is 4.98 Å². The maximum Gasteiger partial charge on any atom is 0.259 e. The van der Waals surface area contributed by atoms with Crippen molar-refractivity contribution in [3.63, 3.8) is 0 Å². The molecule has 38 heavy (non-hydrogen) atoms. The van der Waals surface area contributed by atoms with Crippen molar-refractivity contribution < 1.29 is 4.79 Å². The van der Waals surface area contributed by atoms with E-state index in [-0.39, 0.29) is 16.9 Å². The quantitative estimate of drug-likeness (QED) is 0.330. The number of aromatic nitrogens is 5. The number of nitrogens with zero attached hydrogens (tertiary/aromatic N) is 6. The van der Waals surface area contributed by atoms with Crippen molar-refractivity contribution >= 4 is 39.4 Å². The monoisotopic (exact) mass is 510 g/mol. The first-order valence-corrected chi connectivity index (χ1v) is 13.0. The summed E-state index contributed by atoms with van der Waals surface area (Å²) in [5, 5.41) is 6.74. The van der Waals surface area contributed by atoms with E-state index in [9.17, 15) is 9.59 Å². The summed E-state index contributed by atoms with van der Waals surface area (Å²) in [7, 11) is 1.88.